The lowest BCUT2D eigenvalue weighted by Crippen LogP contribution is -2.56. The van der Waals surface area contributed by atoms with Gasteiger partial charge in [-0.2, -0.15) is 0 Å². The highest BCUT2D eigenvalue weighted by molar-refractivity contribution is 7.80. The Labute approximate surface area is 149 Å². The smallest absolute Gasteiger partial charge is 0.171 e. The number of benzene rings is 1. The zero-order chi connectivity index (χ0) is 16.0. The Morgan fingerprint density at radius 1 is 1.17 bits per heavy atom. The number of anilines is 1. The molecule has 5 rings (SSSR count). The first-order chi connectivity index (χ1) is 11.0. The molecule has 2 nitrogen and oxygen atoms in total. The van der Waals surface area contributed by atoms with Crippen LogP contribution < -0.4 is 10.6 Å². The minimum atomic E-state index is 0.440. The monoisotopic (exact) mass is 348 g/mol. The Morgan fingerprint density at radius 2 is 1.78 bits per heavy atom. The van der Waals surface area contributed by atoms with Crippen LogP contribution in [0.2, 0.25) is 5.02 Å². The van der Waals surface area contributed by atoms with Crippen LogP contribution in [0.15, 0.2) is 24.3 Å². The number of thiocarbonyl (C=S) groups is 1. The average molecular weight is 349 g/mol. The summed E-state index contributed by atoms with van der Waals surface area (Å²) in [5.41, 5.74) is 1.42. The Morgan fingerprint density at radius 3 is 2.35 bits per heavy atom. The van der Waals surface area contributed by atoms with Gasteiger partial charge >= 0.3 is 0 Å². The van der Waals surface area contributed by atoms with E-state index in [1.165, 1.54) is 38.5 Å². The normalized spacial score (nSPS) is 35.8. The van der Waals surface area contributed by atoms with Gasteiger partial charge in [-0.3, -0.25) is 0 Å². The third kappa shape index (κ3) is 3.10. The van der Waals surface area contributed by atoms with E-state index in [4.69, 9.17) is 23.8 Å². The quantitative estimate of drug-likeness (QED) is 0.731. The fourth-order valence-electron chi connectivity index (χ4n) is 5.79. The van der Waals surface area contributed by atoms with Gasteiger partial charge in [-0.05, 0) is 99.0 Å². The lowest BCUT2D eigenvalue weighted by Gasteiger charge is -2.59. The summed E-state index contributed by atoms with van der Waals surface area (Å²) in [5, 5.41) is 8.31. The standard InChI is InChI=1S/C19H25ClN2S/c1-12(21-18(23)22-17-4-2-3-16(20)8-17)19-9-13-5-14(10-19)7-15(6-13)11-19/h2-4,8,12-15H,5-7,9-11H2,1H3,(H2,21,22,23). The molecule has 0 aliphatic heterocycles. The van der Waals surface area contributed by atoms with Crippen LogP contribution in [-0.2, 0) is 0 Å². The minimum Gasteiger partial charge on any atom is -0.359 e. The van der Waals surface area contributed by atoms with Gasteiger partial charge in [0.15, 0.2) is 5.11 Å². The topological polar surface area (TPSA) is 24.1 Å². The molecule has 4 fully saturated rings. The molecule has 4 aliphatic carbocycles. The Hall–Kier alpha value is -0.800. The molecule has 4 aliphatic rings. The minimum absolute atomic E-state index is 0.440. The second kappa shape index (κ2) is 5.93. The van der Waals surface area contributed by atoms with Crippen LogP contribution in [0.1, 0.15) is 45.4 Å². The van der Waals surface area contributed by atoms with Crippen LogP contribution in [0.4, 0.5) is 5.69 Å². The van der Waals surface area contributed by atoms with Crippen molar-refractivity contribution in [1.82, 2.24) is 5.32 Å². The molecule has 1 aromatic rings. The van der Waals surface area contributed by atoms with Crippen LogP contribution in [0.3, 0.4) is 0 Å². The fraction of sp³-hybridized carbons (Fsp3) is 0.632. The fourth-order valence-corrected chi connectivity index (χ4v) is 6.28. The Balaban J connectivity index is 1.41. The third-order valence-corrected chi connectivity index (χ3v) is 6.89. The molecular formula is C19H25ClN2S. The highest BCUT2D eigenvalue weighted by atomic mass is 35.5. The highest BCUT2D eigenvalue weighted by Crippen LogP contribution is 2.61. The van der Waals surface area contributed by atoms with Gasteiger partial charge in [-0.25, -0.2) is 0 Å². The second-order valence-electron chi connectivity index (χ2n) is 8.11. The van der Waals surface area contributed by atoms with E-state index in [0.29, 0.717) is 11.5 Å². The molecule has 1 atom stereocenters. The first kappa shape index (κ1) is 15.7. The van der Waals surface area contributed by atoms with Gasteiger partial charge in [0.1, 0.15) is 0 Å². The molecule has 0 aromatic heterocycles. The van der Waals surface area contributed by atoms with Crippen LogP contribution >= 0.6 is 23.8 Å². The van der Waals surface area contributed by atoms with E-state index in [1.807, 2.05) is 24.3 Å². The van der Waals surface area contributed by atoms with Gasteiger partial charge in [0.25, 0.3) is 0 Å². The predicted molar refractivity (Wildman–Crippen MR) is 101 cm³/mol. The molecule has 0 amide bonds. The van der Waals surface area contributed by atoms with E-state index in [1.54, 1.807) is 0 Å². The molecule has 4 bridgehead atoms. The predicted octanol–water partition coefficient (Wildman–Crippen LogP) is 5.23. The number of nitrogens with one attached hydrogen (secondary N) is 2. The van der Waals surface area contributed by atoms with Gasteiger partial charge in [0.2, 0.25) is 0 Å². The number of hydrogen-bond donors (Lipinski definition) is 2. The van der Waals surface area contributed by atoms with Crippen molar-refractivity contribution >= 4 is 34.6 Å². The average Bonchev–Trinajstić information content (AvgIpc) is 2.45. The van der Waals surface area contributed by atoms with Crippen molar-refractivity contribution < 1.29 is 0 Å². The molecule has 0 saturated heterocycles. The molecule has 2 N–H and O–H groups in total. The molecule has 1 aromatic carbocycles. The van der Waals surface area contributed by atoms with Crippen molar-refractivity contribution in [2.75, 3.05) is 5.32 Å². The summed E-state index contributed by atoms with van der Waals surface area (Å²) in [6, 6.07) is 8.16. The van der Waals surface area contributed by atoms with Crippen molar-refractivity contribution in [1.29, 1.82) is 0 Å². The first-order valence-corrected chi connectivity index (χ1v) is 9.64. The maximum atomic E-state index is 6.04. The molecule has 1 unspecified atom stereocenters. The van der Waals surface area contributed by atoms with E-state index in [2.05, 4.69) is 17.6 Å². The summed E-state index contributed by atoms with van der Waals surface area (Å²) in [5.74, 6) is 2.92. The second-order valence-corrected chi connectivity index (χ2v) is 8.96. The molecule has 0 radical (unpaired) electrons. The summed E-state index contributed by atoms with van der Waals surface area (Å²) in [6.07, 6.45) is 8.64. The van der Waals surface area contributed by atoms with Gasteiger partial charge in [0, 0.05) is 16.8 Å². The Kier molecular flexibility index (Phi) is 4.05. The zero-order valence-corrected chi connectivity index (χ0v) is 15.2. The van der Waals surface area contributed by atoms with E-state index in [9.17, 15) is 0 Å². The summed E-state index contributed by atoms with van der Waals surface area (Å²) in [6.45, 7) is 2.33. The van der Waals surface area contributed by atoms with Gasteiger partial charge < -0.3 is 10.6 Å². The molecule has 4 heteroatoms. The highest BCUT2D eigenvalue weighted by Gasteiger charge is 2.53. The van der Waals surface area contributed by atoms with Gasteiger partial charge in [0.05, 0.1) is 0 Å². The molecule has 23 heavy (non-hydrogen) atoms. The van der Waals surface area contributed by atoms with Crippen LogP contribution in [0.25, 0.3) is 0 Å². The van der Waals surface area contributed by atoms with Crippen molar-refractivity contribution in [2.45, 2.75) is 51.5 Å². The van der Waals surface area contributed by atoms with Crippen molar-refractivity contribution in [2.24, 2.45) is 23.2 Å². The maximum Gasteiger partial charge on any atom is 0.171 e. The van der Waals surface area contributed by atoms with E-state index in [-0.39, 0.29) is 0 Å². The molecular weight excluding hydrogens is 324 g/mol. The van der Waals surface area contributed by atoms with E-state index >= 15 is 0 Å². The summed E-state index contributed by atoms with van der Waals surface area (Å²) < 4.78 is 0. The van der Waals surface area contributed by atoms with E-state index < -0.39 is 0 Å². The van der Waals surface area contributed by atoms with Crippen molar-refractivity contribution in [3.63, 3.8) is 0 Å². The maximum absolute atomic E-state index is 6.04. The van der Waals surface area contributed by atoms with Crippen molar-refractivity contribution in [3.8, 4) is 0 Å². The summed E-state index contributed by atoms with van der Waals surface area (Å²) in [7, 11) is 0. The summed E-state index contributed by atoms with van der Waals surface area (Å²) in [4.78, 5) is 0. The summed E-state index contributed by atoms with van der Waals surface area (Å²) >= 11 is 11.6. The molecule has 0 spiro atoms. The zero-order valence-electron chi connectivity index (χ0n) is 13.6. The molecule has 0 heterocycles. The number of hydrogen-bond acceptors (Lipinski definition) is 1. The van der Waals surface area contributed by atoms with Crippen LogP contribution in [-0.4, -0.2) is 11.2 Å². The van der Waals surface area contributed by atoms with Crippen LogP contribution in [0.5, 0.6) is 0 Å². The molecule has 124 valence electrons. The number of halogens is 1. The SMILES string of the molecule is CC(NC(=S)Nc1cccc(Cl)c1)C12CC3CC(CC(C3)C1)C2. The van der Waals surface area contributed by atoms with Crippen LogP contribution in [0, 0.1) is 23.2 Å². The van der Waals surface area contributed by atoms with Gasteiger partial charge in [-0.15, -0.1) is 0 Å². The Bertz CT molecular complexity index is 580. The molecule has 4 saturated carbocycles. The lowest BCUT2D eigenvalue weighted by molar-refractivity contribution is -0.0671. The third-order valence-electron chi connectivity index (χ3n) is 6.43. The van der Waals surface area contributed by atoms with Gasteiger partial charge in [-0.1, -0.05) is 17.7 Å². The lowest BCUT2D eigenvalue weighted by atomic mass is 9.48. The number of rotatable bonds is 3. The largest absolute Gasteiger partial charge is 0.359 e. The van der Waals surface area contributed by atoms with Crippen molar-refractivity contribution in [3.05, 3.63) is 29.3 Å². The van der Waals surface area contributed by atoms with E-state index in [0.717, 1.165) is 33.6 Å². The first-order valence-electron chi connectivity index (χ1n) is 8.85.